The van der Waals surface area contributed by atoms with Gasteiger partial charge in [-0.2, -0.15) is 0 Å². The smallest absolute Gasteiger partial charge is 0.158 e. The van der Waals surface area contributed by atoms with E-state index in [0.717, 1.165) is 24.1 Å². The number of carbonyl (C=O) groups excluding carboxylic acids is 1. The quantitative estimate of drug-likeness (QED) is 0.474. The molecule has 0 aromatic carbocycles. The fourth-order valence-electron chi connectivity index (χ4n) is 4.25. The van der Waals surface area contributed by atoms with Gasteiger partial charge in [0.05, 0.1) is 17.9 Å². The number of thiazole rings is 1. The number of hydrogen-bond acceptors (Lipinski definition) is 7. The lowest BCUT2D eigenvalue weighted by Crippen LogP contribution is -2.42. The highest BCUT2D eigenvalue weighted by molar-refractivity contribution is 7.09. The van der Waals surface area contributed by atoms with Gasteiger partial charge in [0.2, 0.25) is 0 Å². The summed E-state index contributed by atoms with van der Waals surface area (Å²) in [5.74, 6) is -0.675. The minimum Gasteiger partial charge on any atom is -0.390 e. The lowest BCUT2D eigenvalue weighted by molar-refractivity contribution is -0.151. The minimum atomic E-state index is -0.777. The lowest BCUT2D eigenvalue weighted by atomic mass is 9.86. The molecule has 2 heterocycles. The second kappa shape index (κ2) is 15.4. The number of ketones is 1. The Morgan fingerprint density at radius 3 is 2.78 bits per heavy atom. The molecule has 1 aromatic rings. The van der Waals surface area contributed by atoms with E-state index in [0.29, 0.717) is 24.3 Å². The number of nitrogens with zero attached hydrogens (tertiary/aromatic N) is 1. The molecule has 1 aromatic heterocycles. The number of halogens is 1. The standard InChI is InChI=1S/C28H43FN2O4S/c1-18-9-7-8-14-30-22(5)28(33)21(4)27(32)19(2)11-13-26(34-6)35-24(12-10-18)20(3)15-23-17-36-25(16-29)31-23/h8,10,14-15,17,19,21-22,24,26,28,30,33H,7,9,11-13,16H2,1-6H3/b14-8-,18-10-,20-15+. The summed E-state index contributed by atoms with van der Waals surface area (Å²) >= 11 is 1.30. The van der Waals surface area contributed by atoms with E-state index in [1.165, 1.54) is 16.9 Å². The maximum absolute atomic E-state index is 13.0. The van der Waals surface area contributed by atoms with Gasteiger partial charge in [0.15, 0.2) is 6.29 Å². The van der Waals surface area contributed by atoms with Crippen LogP contribution in [0.5, 0.6) is 0 Å². The van der Waals surface area contributed by atoms with E-state index < -0.39 is 25.0 Å². The average Bonchev–Trinajstić information content (AvgIpc) is 3.33. The van der Waals surface area contributed by atoms with Gasteiger partial charge in [0, 0.05) is 30.4 Å². The molecule has 0 bridgehead atoms. The second-order valence-electron chi connectivity index (χ2n) is 9.82. The first-order valence-corrected chi connectivity index (χ1v) is 13.7. The lowest BCUT2D eigenvalue weighted by Gasteiger charge is -2.28. The van der Waals surface area contributed by atoms with E-state index >= 15 is 0 Å². The number of carbonyl (C=O) groups is 1. The second-order valence-corrected chi connectivity index (χ2v) is 10.8. The molecule has 0 amide bonds. The Labute approximate surface area is 219 Å². The Hall–Kier alpha value is -1.87. The Morgan fingerprint density at radius 1 is 1.36 bits per heavy atom. The minimum absolute atomic E-state index is 0.0366. The molecule has 0 radical (unpaired) electrons. The third-order valence-corrected chi connectivity index (χ3v) is 7.64. The zero-order valence-electron chi connectivity index (χ0n) is 22.5. The Balaban J connectivity index is 2.26. The van der Waals surface area contributed by atoms with Crippen LogP contribution in [0.1, 0.15) is 77.4 Å². The third kappa shape index (κ3) is 9.54. The fourth-order valence-corrected chi connectivity index (χ4v) is 4.85. The van der Waals surface area contributed by atoms with Crippen molar-refractivity contribution in [2.24, 2.45) is 11.8 Å². The van der Waals surface area contributed by atoms with E-state index in [1.54, 1.807) is 14.0 Å². The largest absolute Gasteiger partial charge is 0.390 e. The molecule has 0 fully saturated rings. The van der Waals surface area contributed by atoms with E-state index in [1.807, 2.05) is 44.5 Å². The molecular formula is C28H43FN2O4S. The molecule has 0 spiro atoms. The number of methoxy groups -OCH3 is 1. The summed E-state index contributed by atoms with van der Waals surface area (Å²) in [5.41, 5.74) is 2.96. The number of nitrogens with one attached hydrogen (secondary N) is 1. The Morgan fingerprint density at radius 2 is 2.11 bits per heavy atom. The highest BCUT2D eigenvalue weighted by Gasteiger charge is 2.30. The number of hydrogen-bond donors (Lipinski definition) is 2. The molecule has 0 saturated heterocycles. The number of aliphatic hydroxyl groups excluding tert-OH is 1. The molecule has 0 aliphatic carbocycles. The van der Waals surface area contributed by atoms with Crippen molar-refractivity contribution in [2.75, 3.05) is 7.11 Å². The van der Waals surface area contributed by atoms with Crippen LogP contribution in [0.3, 0.4) is 0 Å². The number of ether oxygens (including phenoxy) is 2. The summed E-state index contributed by atoms with van der Waals surface area (Å²) < 4.78 is 25.0. The summed E-state index contributed by atoms with van der Waals surface area (Å²) in [6, 6.07) is -0.229. The van der Waals surface area contributed by atoms with Crippen LogP contribution in [0.2, 0.25) is 0 Å². The van der Waals surface area contributed by atoms with Crippen molar-refractivity contribution < 1.29 is 23.8 Å². The molecule has 6 atom stereocenters. The van der Waals surface area contributed by atoms with Gasteiger partial charge < -0.3 is 19.9 Å². The van der Waals surface area contributed by atoms with Crippen molar-refractivity contribution in [3.63, 3.8) is 0 Å². The molecule has 2 N–H and O–H groups in total. The number of allylic oxidation sites excluding steroid dienone is 2. The van der Waals surface area contributed by atoms with E-state index in [2.05, 4.69) is 23.3 Å². The number of aromatic nitrogens is 1. The first-order valence-electron chi connectivity index (χ1n) is 12.8. The summed E-state index contributed by atoms with van der Waals surface area (Å²) in [6.45, 7) is 9.11. The van der Waals surface area contributed by atoms with Gasteiger partial charge in [0.25, 0.3) is 0 Å². The molecule has 6 unspecified atom stereocenters. The topological polar surface area (TPSA) is 80.7 Å². The zero-order valence-corrected chi connectivity index (χ0v) is 23.3. The van der Waals surface area contributed by atoms with Crippen LogP contribution in [0.25, 0.3) is 6.08 Å². The van der Waals surface area contributed by atoms with Crippen LogP contribution in [0.4, 0.5) is 4.39 Å². The van der Waals surface area contributed by atoms with E-state index in [-0.39, 0.29) is 23.8 Å². The molecule has 36 heavy (non-hydrogen) atoms. The summed E-state index contributed by atoms with van der Waals surface area (Å²) in [5, 5.41) is 16.2. The molecule has 1 aliphatic rings. The van der Waals surface area contributed by atoms with Crippen molar-refractivity contribution in [2.45, 2.75) is 97.9 Å². The van der Waals surface area contributed by atoms with Crippen LogP contribution in [-0.2, 0) is 20.9 Å². The fraction of sp³-hybridized carbons (Fsp3) is 0.643. The average molecular weight is 523 g/mol. The van der Waals surface area contributed by atoms with Gasteiger partial charge in [-0.1, -0.05) is 31.6 Å². The normalized spacial score (nSPS) is 32.6. The van der Waals surface area contributed by atoms with Crippen LogP contribution in [0, 0.1) is 11.8 Å². The van der Waals surface area contributed by atoms with Gasteiger partial charge in [-0.25, -0.2) is 9.37 Å². The summed E-state index contributed by atoms with van der Waals surface area (Å²) in [4.78, 5) is 17.3. The van der Waals surface area contributed by atoms with E-state index in [4.69, 9.17) is 9.47 Å². The van der Waals surface area contributed by atoms with Crippen LogP contribution in [-0.4, -0.2) is 47.5 Å². The highest BCUT2D eigenvalue weighted by Crippen LogP contribution is 2.24. The first kappa shape index (κ1) is 30.4. The molecular weight excluding hydrogens is 479 g/mol. The molecule has 1 aliphatic heterocycles. The molecule has 202 valence electrons. The number of Topliss-reactive ketones (excluding diaryl/α,β-unsaturated/α-hetero) is 1. The SMILES string of the molecule is COC1CCC(C)C(=O)C(C)C(O)C(C)N/C=C\CC/C(C)=C\CC(/C(C)=C/c2csc(CF)n2)O1. The summed E-state index contributed by atoms with van der Waals surface area (Å²) in [6.07, 6.45) is 10.1. The van der Waals surface area contributed by atoms with Gasteiger partial charge in [0.1, 0.15) is 17.5 Å². The van der Waals surface area contributed by atoms with Crippen molar-refractivity contribution in [1.82, 2.24) is 10.3 Å². The monoisotopic (exact) mass is 522 g/mol. The molecule has 2 rings (SSSR count). The maximum atomic E-state index is 13.0. The number of rotatable bonds is 4. The van der Waals surface area contributed by atoms with Crippen molar-refractivity contribution >= 4 is 23.2 Å². The number of alkyl halides is 1. The summed E-state index contributed by atoms with van der Waals surface area (Å²) in [7, 11) is 1.61. The Bertz CT molecular complexity index is 913. The molecule has 0 saturated carbocycles. The van der Waals surface area contributed by atoms with Gasteiger partial charge in [-0.05, 0) is 70.7 Å². The molecule has 8 heteroatoms. The van der Waals surface area contributed by atoms with Crippen LogP contribution >= 0.6 is 11.3 Å². The predicted octanol–water partition coefficient (Wildman–Crippen LogP) is 5.98. The van der Waals surface area contributed by atoms with Gasteiger partial charge in [-0.15, -0.1) is 11.3 Å². The van der Waals surface area contributed by atoms with Crippen LogP contribution in [0.15, 0.2) is 34.9 Å². The highest BCUT2D eigenvalue weighted by atomic mass is 32.1. The zero-order chi connectivity index (χ0) is 26.7. The van der Waals surface area contributed by atoms with Crippen LogP contribution < -0.4 is 5.32 Å². The van der Waals surface area contributed by atoms with Gasteiger partial charge >= 0.3 is 0 Å². The van der Waals surface area contributed by atoms with Gasteiger partial charge in [-0.3, -0.25) is 4.79 Å². The van der Waals surface area contributed by atoms with Crippen molar-refractivity contribution in [1.29, 1.82) is 0 Å². The first-order chi connectivity index (χ1) is 17.2. The predicted molar refractivity (Wildman–Crippen MR) is 144 cm³/mol. The van der Waals surface area contributed by atoms with E-state index in [9.17, 15) is 14.3 Å². The third-order valence-electron chi connectivity index (χ3n) is 6.80. The molecule has 6 nitrogen and oxygen atoms in total. The number of aliphatic hydroxyl groups is 1. The van der Waals surface area contributed by atoms with Crippen molar-refractivity contribution in [3.05, 3.63) is 45.6 Å². The van der Waals surface area contributed by atoms with Crippen molar-refractivity contribution in [3.8, 4) is 0 Å². The Kier molecular flexibility index (Phi) is 13.0. The maximum Gasteiger partial charge on any atom is 0.158 e.